The first-order valence-corrected chi connectivity index (χ1v) is 6.58. The Kier molecular flexibility index (Phi) is 3.50. The number of phenols is 2. The summed E-state index contributed by atoms with van der Waals surface area (Å²) < 4.78 is 5.15. The van der Waals surface area contributed by atoms with Crippen LogP contribution in [0.4, 0.5) is 0 Å². The fourth-order valence-electron chi connectivity index (χ4n) is 1.95. The average Bonchev–Trinajstić information content (AvgIpc) is 2.89. The molecule has 0 saturated heterocycles. The van der Waals surface area contributed by atoms with Crippen molar-refractivity contribution in [3.63, 3.8) is 0 Å². The van der Waals surface area contributed by atoms with Crippen LogP contribution >= 0.6 is 11.6 Å². The summed E-state index contributed by atoms with van der Waals surface area (Å²) in [5, 5.41) is 23.5. The van der Waals surface area contributed by atoms with Crippen LogP contribution < -0.4 is 0 Å². The van der Waals surface area contributed by atoms with Gasteiger partial charge in [0.05, 0.1) is 0 Å². The normalized spacial score (nSPS) is 10.7. The molecule has 21 heavy (non-hydrogen) atoms. The van der Waals surface area contributed by atoms with Crippen molar-refractivity contribution in [1.29, 1.82) is 0 Å². The third-order valence-corrected chi connectivity index (χ3v) is 3.15. The number of benzene rings is 2. The summed E-state index contributed by atoms with van der Waals surface area (Å²) in [6, 6.07) is 11.5. The highest BCUT2D eigenvalue weighted by Gasteiger charge is 2.11. The van der Waals surface area contributed by atoms with E-state index in [0.29, 0.717) is 22.8 Å². The zero-order chi connectivity index (χ0) is 14.8. The largest absolute Gasteiger partial charge is 0.508 e. The third kappa shape index (κ3) is 3.14. The van der Waals surface area contributed by atoms with Crippen LogP contribution in [0.2, 0.25) is 5.02 Å². The Morgan fingerprint density at radius 3 is 2.33 bits per heavy atom. The Morgan fingerprint density at radius 1 is 1.00 bits per heavy atom. The molecule has 0 unspecified atom stereocenters. The van der Waals surface area contributed by atoms with Crippen molar-refractivity contribution in [2.75, 3.05) is 0 Å². The molecule has 0 aliphatic heterocycles. The second-order valence-electron chi connectivity index (χ2n) is 4.56. The van der Waals surface area contributed by atoms with Crippen molar-refractivity contribution < 1.29 is 14.7 Å². The van der Waals surface area contributed by atoms with E-state index in [2.05, 4.69) is 10.1 Å². The van der Waals surface area contributed by atoms with Crippen LogP contribution in [0.25, 0.3) is 11.5 Å². The summed E-state index contributed by atoms with van der Waals surface area (Å²) >= 11 is 5.83. The molecule has 0 fully saturated rings. The lowest BCUT2D eigenvalue weighted by Gasteiger charge is -1.98. The summed E-state index contributed by atoms with van der Waals surface area (Å²) in [4.78, 5) is 4.25. The maximum Gasteiger partial charge on any atom is 0.258 e. The van der Waals surface area contributed by atoms with Gasteiger partial charge in [-0.25, -0.2) is 0 Å². The van der Waals surface area contributed by atoms with Crippen LogP contribution in [0.15, 0.2) is 47.0 Å². The fourth-order valence-corrected chi connectivity index (χ4v) is 2.07. The minimum Gasteiger partial charge on any atom is -0.508 e. The smallest absolute Gasteiger partial charge is 0.258 e. The molecule has 6 heteroatoms. The summed E-state index contributed by atoms with van der Waals surface area (Å²) in [5.74, 6) is 0.616. The van der Waals surface area contributed by atoms with Gasteiger partial charge in [-0.05, 0) is 29.8 Å². The van der Waals surface area contributed by atoms with E-state index in [1.54, 1.807) is 12.1 Å². The minimum atomic E-state index is -0.0672. The second-order valence-corrected chi connectivity index (χ2v) is 4.99. The van der Waals surface area contributed by atoms with Crippen molar-refractivity contribution in [2.45, 2.75) is 6.42 Å². The lowest BCUT2D eigenvalue weighted by molar-refractivity contribution is 0.421. The first-order chi connectivity index (χ1) is 10.1. The van der Waals surface area contributed by atoms with Crippen LogP contribution in [-0.2, 0) is 6.42 Å². The van der Waals surface area contributed by atoms with Crippen LogP contribution in [0.3, 0.4) is 0 Å². The van der Waals surface area contributed by atoms with E-state index in [-0.39, 0.29) is 17.4 Å². The Morgan fingerprint density at radius 2 is 1.67 bits per heavy atom. The summed E-state index contributed by atoms with van der Waals surface area (Å²) in [6.45, 7) is 0. The molecule has 2 N–H and O–H groups in total. The molecule has 0 radical (unpaired) electrons. The standard InChI is InChI=1S/C15H11ClN2O3/c16-11-3-1-9(2-4-11)5-14-17-15(21-18-14)10-6-12(19)8-13(20)7-10/h1-4,6-8,19-20H,5H2. The Balaban J connectivity index is 1.84. The van der Waals surface area contributed by atoms with Crippen molar-refractivity contribution >= 4 is 11.6 Å². The van der Waals surface area contributed by atoms with E-state index in [0.717, 1.165) is 5.56 Å². The number of halogens is 1. The predicted octanol–water partition coefficient (Wildman–Crippen LogP) is 3.39. The van der Waals surface area contributed by atoms with Gasteiger partial charge < -0.3 is 14.7 Å². The highest BCUT2D eigenvalue weighted by Crippen LogP contribution is 2.27. The summed E-state index contributed by atoms with van der Waals surface area (Å²) in [6.07, 6.45) is 0.505. The maximum absolute atomic E-state index is 9.46. The molecule has 5 nitrogen and oxygen atoms in total. The van der Waals surface area contributed by atoms with E-state index >= 15 is 0 Å². The monoisotopic (exact) mass is 302 g/mol. The second kappa shape index (κ2) is 5.46. The lowest BCUT2D eigenvalue weighted by Crippen LogP contribution is -1.90. The molecule has 0 atom stereocenters. The first-order valence-electron chi connectivity index (χ1n) is 6.20. The minimum absolute atomic E-state index is 0.0672. The zero-order valence-corrected chi connectivity index (χ0v) is 11.6. The fraction of sp³-hybridized carbons (Fsp3) is 0.0667. The molecule has 0 saturated carbocycles. The number of hydrogen-bond donors (Lipinski definition) is 2. The number of nitrogens with zero attached hydrogens (tertiary/aromatic N) is 2. The topological polar surface area (TPSA) is 79.4 Å². The number of phenolic OH excluding ortho intramolecular Hbond substituents is 2. The predicted molar refractivity (Wildman–Crippen MR) is 77.3 cm³/mol. The van der Waals surface area contributed by atoms with Gasteiger partial charge in [0.15, 0.2) is 5.82 Å². The van der Waals surface area contributed by atoms with Gasteiger partial charge in [0.25, 0.3) is 5.89 Å². The molecule has 3 aromatic rings. The Bertz CT molecular complexity index is 749. The van der Waals surface area contributed by atoms with Crippen molar-refractivity contribution in [1.82, 2.24) is 10.1 Å². The molecule has 1 heterocycles. The molecule has 0 spiro atoms. The molecular weight excluding hydrogens is 292 g/mol. The van der Waals surface area contributed by atoms with Gasteiger partial charge in [-0.1, -0.05) is 28.9 Å². The zero-order valence-electron chi connectivity index (χ0n) is 10.8. The molecule has 2 aromatic carbocycles. The van der Waals surface area contributed by atoms with Crippen molar-refractivity contribution in [3.8, 4) is 23.0 Å². The first kappa shape index (κ1) is 13.5. The van der Waals surface area contributed by atoms with Gasteiger partial charge in [0, 0.05) is 23.1 Å². The summed E-state index contributed by atoms with van der Waals surface area (Å²) in [7, 11) is 0. The molecule has 0 aliphatic carbocycles. The van der Waals surface area contributed by atoms with Gasteiger partial charge >= 0.3 is 0 Å². The molecular formula is C15H11ClN2O3. The number of aromatic nitrogens is 2. The van der Waals surface area contributed by atoms with Gasteiger partial charge in [-0.2, -0.15) is 4.98 Å². The van der Waals surface area contributed by atoms with Gasteiger partial charge in [-0.3, -0.25) is 0 Å². The van der Waals surface area contributed by atoms with Crippen LogP contribution in [0.5, 0.6) is 11.5 Å². The lowest BCUT2D eigenvalue weighted by atomic mass is 10.1. The van der Waals surface area contributed by atoms with Crippen LogP contribution in [0, 0.1) is 0 Å². The number of rotatable bonds is 3. The van der Waals surface area contributed by atoms with Gasteiger partial charge in [0.2, 0.25) is 0 Å². The highest BCUT2D eigenvalue weighted by molar-refractivity contribution is 6.30. The van der Waals surface area contributed by atoms with Crippen LogP contribution in [0.1, 0.15) is 11.4 Å². The van der Waals surface area contributed by atoms with E-state index in [4.69, 9.17) is 16.1 Å². The molecule has 3 rings (SSSR count). The Hall–Kier alpha value is -2.53. The van der Waals surface area contributed by atoms with E-state index in [1.165, 1.54) is 18.2 Å². The van der Waals surface area contributed by atoms with E-state index in [1.807, 2.05) is 12.1 Å². The average molecular weight is 303 g/mol. The quantitative estimate of drug-likeness (QED) is 0.775. The van der Waals surface area contributed by atoms with Gasteiger partial charge in [0.1, 0.15) is 11.5 Å². The number of hydrogen-bond acceptors (Lipinski definition) is 5. The highest BCUT2D eigenvalue weighted by atomic mass is 35.5. The van der Waals surface area contributed by atoms with Crippen LogP contribution in [-0.4, -0.2) is 20.4 Å². The molecule has 0 amide bonds. The van der Waals surface area contributed by atoms with E-state index < -0.39 is 0 Å². The van der Waals surface area contributed by atoms with Crippen molar-refractivity contribution in [3.05, 3.63) is 58.9 Å². The molecule has 0 aliphatic rings. The molecule has 106 valence electrons. The van der Waals surface area contributed by atoms with Gasteiger partial charge in [-0.15, -0.1) is 0 Å². The SMILES string of the molecule is Oc1cc(O)cc(-c2nc(Cc3ccc(Cl)cc3)no2)c1. The third-order valence-electron chi connectivity index (χ3n) is 2.89. The molecule has 0 bridgehead atoms. The molecule has 1 aromatic heterocycles. The van der Waals surface area contributed by atoms with Crippen molar-refractivity contribution in [2.24, 2.45) is 0 Å². The summed E-state index contributed by atoms with van der Waals surface area (Å²) in [5.41, 5.74) is 1.47. The number of aromatic hydroxyl groups is 2. The maximum atomic E-state index is 9.46. The Labute approximate surface area is 125 Å². The van der Waals surface area contributed by atoms with E-state index in [9.17, 15) is 10.2 Å².